The number of aromatic nitrogens is 1. The van der Waals surface area contributed by atoms with Crippen LogP contribution in [0.5, 0.6) is 5.75 Å². The molecule has 2 aromatic rings. The molecule has 1 aromatic heterocycles. The third kappa shape index (κ3) is 3.13. The molecule has 0 N–H and O–H groups in total. The molecular weight excluding hydrogens is 309 g/mol. The van der Waals surface area contributed by atoms with Gasteiger partial charge in [-0.25, -0.2) is 4.39 Å². The molecule has 2 unspecified atom stereocenters. The fourth-order valence-corrected chi connectivity index (χ4v) is 2.57. The van der Waals surface area contributed by atoms with Gasteiger partial charge in [0, 0.05) is 17.2 Å². The van der Waals surface area contributed by atoms with Gasteiger partial charge in [-0.05, 0) is 41.3 Å². The lowest BCUT2D eigenvalue weighted by molar-refractivity contribution is 0.386. The molecule has 2 rings (SSSR count). The number of pyridine rings is 1. The van der Waals surface area contributed by atoms with E-state index in [1.165, 1.54) is 13.2 Å². The molecule has 0 radical (unpaired) electrons. The Morgan fingerprint density at radius 1 is 1.16 bits per heavy atom. The number of hydrogen-bond donors (Lipinski definition) is 0. The minimum Gasteiger partial charge on any atom is -0.494 e. The zero-order valence-corrected chi connectivity index (χ0v) is 12.4. The molecule has 0 aliphatic heterocycles. The molecule has 19 heavy (non-hydrogen) atoms. The average molecular weight is 324 g/mol. The van der Waals surface area contributed by atoms with Crippen molar-refractivity contribution < 1.29 is 9.13 Å². The van der Waals surface area contributed by atoms with E-state index >= 15 is 0 Å². The summed E-state index contributed by atoms with van der Waals surface area (Å²) in [5.74, 6) is 0.141. The summed E-state index contributed by atoms with van der Waals surface area (Å²) in [6, 6.07) is 8.98. The second-order valence-corrected chi connectivity index (χ2v) is 5.35. The van der Waals surface area contributed by atoms with Gasteiger partial charge in [0.15, 0.2) is 11.6 Å². The predicted octanol–water partition coefficient (Wildman–Crippen LogP) is 4.47. The average Bonchev–Trinajstić information content (AvgIpc) is 2.46. The Hall–Kier alpha value is -1.42. The van der Waals surface area contributed by atoms with Gasteiger partial charge in [0.25, 0.3) is 0 Å². The third-order valence-electron chi connectivity index (χ3n) is 3.17. The molecule has 0 spiro atoms. The Bertz CT molecular complexity index is 547. The van der Waals surface area contributed by atoms with Crippen molar-refractivity contribution in [2.75, 3.05) is 7.11 Å². The summed E-state index contributed by atoms with van der Waals surface area (Å²) in [6.45, 7) is 2.09. The van der Waals surface area contributed by atoms with Crippen LogP contribution in [-0.2, 0) is 0 Å². The maximum atomic E-state index is 13.7. The maximum Gasteiger partial charge on any atom is 0.165 e. The first kappa shape index (κ1) is 14.0. The number of halogens is 2. The lowest BCUT2D eigenvalue weighted by atomic mass is 9.94. The van der Waals surface area contributed by atoms with Crippen molar-refractivity contribution >= 4 is 15.9 Å². The van der Waals surface area contributed by atoms with Gasteiger partial charge in [-0.15, -0.1) is 0 Å². The van der Waals surface area contributed by atoms with Gasteiger partial charge in [-0.3, -0.25) is 4.98 Å². The Balaban J connectivity index is 2.24. The van der Waals surface area contributed by atoms with Gasteiger partial charge in [-0.1, -0.05) is 28.9 Å². The summed E-state index contributed by atoms with van der Waals surface area (Å²) in [6.07, 6.45) is 3.53. The fourth-order valence-electron chi connectivity index (χ4n) is 1.98. The molecule has 0 saturated carbocycles. The maximum absolute atomic E-state index is 13.7. The first-order valence-corrected chi connectivity index (χ1v) is 6.92. The third-order valence-corrected chi connectivity index (χ3v) is 4.49. The number of ether oxygens (including phenoxy) is 1. The summed E-state index contributed by atoms with van der Waals surface area (Å²) in [5, 5.41) is 0. The highest BCUT2D eigenvalue weighted by Gasteiger charge is 2.19. The first-order chi connectivity index (χ1) is 9.13. The normalized spacial score (nSPS) is 13.9. The standard InChI is InChI=1S/C15H15BrFNO/c1-10(11-5-7-18-8-6-11)15(16)12-3-4-14(19-2)13(17)9-12/h3-10,15H,1-2H3. The van der Waals surface area contributed by atoms with Crippen LogP contribution in [0.4, 0.5) is 4.39 Å². The largest absolute Gasteiger partial charge is 0.494 e. The molecule has 0 fully saturated rings. The molecule has 2 atom stereocenters. The molecule has 0 amide bonds. The summed E-state index contributed by atoms with van der Waals surface area (Å²) in [5.41, 5.74) is 2.05. The molecule has 0 bridgehead atoms. The van der Waals surface area contributed by atoms with E-state index in [4.69, 9.17) is 4.74 Å². The van der Waals surface area contributed by atoms with Crippen molar-refractivity contribution in [1.29, 1.82) is 0 Å². The molecule has 0 aliphatic carbocycles. The minimum atomic E-state index is -0.341. The van der Waals surface area contributed by atoms with Crippen molar-refractivity contribution in [2.45, 2.75) is 17.7 Å². The van der Waals surface area contributed by atoms with Crippen molar-refractivity contribution in [1.82, 2.24) is 4.98 Å². The molecule has 1 heterocycles. The zero-order chi connectivity index (χ0) is 13.8. The second-order valence-electron chi connectivity index (χ2n) is 4.36. The van der Waals surface area contributed by atoms with Gasteiger partial charge < -0.3 is 4.74 Å². The summed E-state index contributed by atoms with van der Waals surface area (Å²) in [7, 11) is 1.46. The van der Waals surface area contributed by atoms with Crippen molar-refractivity contribution in [3.8, 4) is 5.75 Å². The Kier molecular flexibility index (Phi) is 4.53. The molecule has 1 aromatic carbocycles. The lowest BCUT2D eigenvalue weighted by Gasteiger charge is -2.19. The number of alkyl halides is 1. The molecule has 2 nitrogen and oxygen atoms in total. The lowest BCUT2D eigenvalue weighted by Crippen LogP contribution is -2.03. The molecular formula is C15H15BrFNO. The van der Waals surface area contributed by atoms with E-state index in [-0.39, 0.29) is 22.3 Å². The fraction of sp³-hybridized carbons (Fsp3) is 0.267. The van der Waals surface area contributed by atoms with Gasteiger partial charge >= 0.3 is 0 Å². The predicted molar refractivity (Wildman–Crippen MR) is 77.3 cm³/mol. The van der Waals surface area contributed by atoms with E-state index in [9.17, 15) is 4.39 Å². The highest BCUT2D eigenvalue weighted by molar-refractivity contribution is 9.09. The Labute approximate surface area is 120 Å². The smallest absolute Gasteiger partial charge is 0.165 e. The van der Waals surface area contributed by atoms with E-state index < -0.39 is 0 Å². The number of methoxy groups -OCH3 is 1. The van der Waals surface area contributed by atoms with Crippen LogP contribution in [0.15, 0.2) is 42.7 Å². The van der Waals surface area contributed by atoms with Crippen molar-refractivity contribution in [3.63, 3.8) is 0 Å². The summed E-state index contributed by atoms with van der Waals surface area (Å²) in [4.78, 5) is 4.04. The summed E-state index contributed by atoms with van der Waals surface area (Å²) >= 11 is 3.64. The molecule has 0 saturated heterocycles. The highest BCUT2D eigenvalue weighted by Crippen LogP contribution is 2.38. The van der Waals surface area contributed by atoms with Crippen molar-refractivity contribution in [3.05, 3.63) is 59.7 Å². The summed E-state index contributed by atoms with van der Waals surface area (Å²) < 4.78 is 18.6. The number of hydrogen-bond acceptors (Lipinski definition) is 2. The highest BCUT2D eigenvalue weighted by atomic mass is 79.9. The van der Waals surface area contributed by atoms with Crippen LogP contribution in [0, 0.1) is 5.82 Å². The number of rotatable bonds is 4. The molecule has 4 heteroatoms. The van der Waals surface area contributed by atoms with Crippen LogP contribution in [0.25, 0.3) is 0 Å². The van der Waals surface area contributed by atoms with E-state index in [0.29, 0.717) is 0 Å². The van der Waals surface area contributed by atoms with Crippen LogP contribution in [0.2, 0.25) is 0 Å². The SMILES string of the molecule is COc1ccc(C(Br)C(C)c2ccncc2)cc1F. The Morgan fingerprint density at radius 2 is 1.84 bits per heavy atom. The second kappa shape index (κ2) is 6.15. The van der Waals surface area contributed by atoms with Gasteiger partial charge in [0.1, 0.15) is 0 Å². The Morgan fingerprint density at radius 3 is 2.42 bits per heavy atom. The van der Waals surface area contributed by atoms with Crippen LogP contribution >= 0.6 is 15.9 Å². The minimum absolute atomic E-state index is 0.0373. The van der Waals surface area contributed by atoms with Crippen LogP contribution in [0.1, 0.15) is 28.8 Å². The number of benzene rings is 1. The van der Waals surface area contributed by atoms with E-state index in [1.807, 2.05) is 18.2 Å². The van der Waals surface area contributed by atoms with Gasteiger partial charge in [-0.2, -0.15) is 0 Å². The van der Waals surface area contributed by atoms with Gasteiger partial charge in [0.2, 0.25) is 0 Å². The first-order valence-electron chi connectivity index (χ1n) is 6.01. The zero-order valence-electron chi connectivity index (χ0n) is 10.8. The van der Waals surface area contributed by atoms with Crippen molar-refractivity contribution in [2.24, 2.45) is 0 Å². The number of nitrogens with zero attached hydrogens (tertiary/aromatic N) is 1. The molecule has 0 aliphatic rings. The van der Waals surface area contributed by atoms with E-state index in [0.717, 1.165) is 11.1 Å². The monoisotopic (exact) mass is 323 g/mol. The van der Waals surface area contributed by atoms with Crippen LogP contribution in [0.3, 0.4) is 0 Å². The molecule has 100 valence electrons. The quantitative estimate of drug-likeness (QED) is 0.774. The topological polar surface area (TPSA) is 22.1 Å². The van der Waals surface area contributed by atoms with Gasteiger partial charge in [0.05, 0.1) is 7.11 Å². The van der Waals surface area contributed by atoms with Crippen LogP contribution in [-0.4, -0.2) is 12.1 Å². The van der Waals surface area contributed by atoms with E-state index in [1.54, 1.807) is 18.5 Å². The van der Waals surface area contributed by atoms with E-state index in [2.05, 4.69) is 27.8 Å². The van der Waals surface area contributed by atoms with Crippen LogP contribution < -0.4 is 4.74 Å².